The zero-order valence-corrected chi connectivity index (χ0v) is 18.6. The van der Waals surface area contributed by atoms with E-state index >= 15 is 0 Å². The Morgan fingerprint density at radius 2 is 1.87 bits per heavy atom. The molecule has 2 N–H and O–H groups in total. The molecular formula is C23H27N5OS. The Morgan fingerprint density at radius 1 is 1.13 bits per heavy atom. The quantitative estimate of drug-likeness (QED) is 0.620. The number of nitrogens with one attached hydrogen (secondary N) is 2. The van der Waals surface area contributed by atoms with Crippen LogP contribution in [0.3, 0.4) is 0 Å². The van der Waals surface area contributed by atoms with E-state index in [1.807, 2.05) is 54.1 Å². The normalized spacial score (nSPS) is 17.1. The first-order valence-electron chi connectivity index (χ1n) is 10.3. The number of carbonyl (C=O) groups excluding carboxylic acids is 1. The van der Waals surface area contributed by atoms with Crippen molar-refractivity contribution in [2.45, 2.75) is 56.5 Å². The van der Waals surface area contributed by atoms with Gasteiger partial charge in [0, 0.05) is 11.3 Å². The van der Waals surface area contributed by atoms with Crippen LogP contribution in [0.2, 0.25) is 0 Å². The van der Waals surface area contributed by atoms with Crippen LogP contribution in [0.5, 0.6) is 0 Å². The maximum Gasteiger partial charge on any atom is 0.240 e. The summed E-state index contributed by atoms with van der Waals surface area (Å²) in [5, 5.41) is 12.3. The van der Waals surface area contributed by atoms with Crippen molar-refractivity contribution >= 4 is 23.4 Å². The highest BCUT2D eigenvalue weighted by Gasteiger charge is 2.46. The maximum atomic E-state index is 13.4. The first-order chi connectivity index (χ1) is 14.5. The molecule has 1 amide bonds. The van der Waals surface area contributed by atoms with Gasteiger partial charge in [-0.05, 0) is 38.3 Å². The highest BCUT2D eigenvalue weighted by molar-refractivity contribution is 8.00. The van der Waals surface area contributed by atoms with Crippen molar-refractivity contribution in [1.29, 1.82) is 0 Å². The number of nitrogens with zero attached hydrogens (tertiary/aromatic N) is 3. The molecule has 0 aliphatic carbocycles. The monoisotopic (exact) mass is 421 g/mol. The van der Waals surface area contributed by atoms with Crippen molar-refractivity contribution in [2.24, 2.45) is 0 Å². The molecule has 0 radical (unpaired) electrons. The Balaban J connectivity index is 1.67. The number of aromatic nitrogens is 3. The first-order valence-corrected chi connectivity index (χ1v) is 11.2. The van der Waals surface area contributed by atoms with Crippen LogP contribution in [-0.4, -0.2) is 31.6 Å². The van der Waals surface area contributed by atoms with E-state index in [0.29, 0.717) is 5.16 Å². The van der Waals surface area contributed by atoms with Crippen LogP contribution in [0.1, 0.15) is 37.8 Å². The van der Waals surface area contributed by atoms with Crippen LogP contribution in [0.25, 0.3) is 11.4 Å². The number of hydrogen-bond donors (Lipinski definition) is 2. The fourth-order valence-electron chi connectivity index (χ4n) is 3.96. The molecule has 1 aromatic heterocycles. The molecule has 0 saturated heterocycles. The predicted octanol–water partition coefficient (Wildman–Crippen LogP) is 4.78. The van der Waals surface area contributed by atoms with Crippen molar-refractivity contribution in [3.63, 3.8) is 0 Å². The highest BCUT2D eigenvalue weighted by Crippen LogP contribution is 2.41. The Labute approximate surface area is 181 Å². The van der Waals surface area contributed by atoms with E-state index in [4.69, 9.17) is 0 Å². The molecule has 4 rings (SSSR count). The minimum Gasteiger partial charge on any atom is -0.325 e. The third-order valence-electron chi connectivity index (χ3n) is 5.86. The summed E-state index contributed by atoms with van der Waals surface area (Å²) in [6.45, 7) is 8.30. The number of benzene rings is 2. The van der Waals surface area contributed by atoms with E-state index in [1.165, 1.54) is 17.3 Å². The van der Waals surface area contributed by atoms with Gasteiger partial charge in [0.25, 0.3) is 0 Å². The van der Waals surface area contributed by atoms with Crippen molar-refractivity contribution in [1.82, 2.24) is 14.9 Å². The molecule has 0 spiro atoms. The van der Waals surface area contributed by atoms with E-state index in [9.17, 15) is 4.79 Å². The van der Waals surface area contributed by atoms with Crippen LogP contribution in [-0.2, 0) is 4.79 Å². The molecule has 1 aliphatic heterocycles. The van der Waals surface area contributed by atoms with Gasteiger partial charge in [-0.3, -0.25) is 4.79 Å². The van der Waals surface area contributed by atoms with Crippen LogP contribution in [0.15, 0.2) is 53.7 Å². The molecule has 1 unspecified atom stereocenters. The number of thioether (sulfide) groups is 1. The number of amides is 1. The lowest BCUT2D eigenvalue weighted by molar-refractivity contribution is -0.116. The molecule has 156 valence electrons. The molecule has 1 aliphatic rings. The van der Waals surface area contributed by atoms with E-state index in [1.54, 1.807) is 0 Å². The second-order valence-corrected chi connectivity index (χ2v) is 8.86. The zero-order chi connectivity index (χ0) is 21.3. The standard InChI is InChI=1S/C23H27N5OS/c1-5-23(6-2)19(21(29)24-18-13-12-15(3)14-16(18)4)30-22-26-25-20(28(22)27-23)17-10-8-7-9-11-17/h7-14,19,27H,5-6H2,1-4H3,(H,24,29). The third-order valence-corrected chi connectivity index (χ3v) is 7.24. The molecule has 2 heterocycles. The molecule has 0 saturated carbocycles. The molecule has 0 fully saturated rings. The molecule has 2 aromatic carbocycles. The van der Waals surface area contributed by atoms with Gasteiger partial charge in [-0.1, -0.05) is 73.6 Å². The largest absolute Gasteiger partial charge is 0.325 e. The van der Waals surface area contributed by atoms with Crippen LogP contribution < -0.4 is 10.7 Å². The lowest BCUT2D eigenvalue weighted by atomic mass is 9.88. The minimum atomic E-state index is -0.410. The molecule has 1 atom stereocenters. The van der Waals surface area contributed by atoms with Gasteiger partial charge in [0.05, 0.1) is 5.54 Å². The van der Waals surface area contributed by atoms with Gasteiger partial charge in [-0.25, -0.2) is 4.68 Å². The maximum absolute atomic E-state index is 13.4. The summed E-state index contributed by atoms with van der Waals surface area (Å²) in [6, 6.07) is 16.1. The van der Waals surface area contributed by atoms with Gasteiger partial charge in [-0.15, -0.1) is 10.2 Å². The summed E-state index contributed by atoms with van der Waals surface area (Å²) in [5.41, 5.74) is 7.28. The Kier molecular flexibility index (Phi) is 5.56. The molecule has 30 heavy (non-hydrogen) atoms. The van der Waals surface area contributed by atoms with Crippen LogP contribution in [0.4, 0.5) is 5.69 Å². The van der Waals surface area contributed by atoms with Crippen LogP contribution in [0, 0.1) is 13.8 Å². The van der Waals surface area contributed by atoms with Gasteiger partial charge in [0.15, 0.2) is 5.82 Å². The lowest BCUT2D eigenvalue weighted by Gasteiger charge is -2.43. The zero-order valence-electron chi connectivity index (χ0n) is 17.8. The summed E-state index contributed by atoms with van der Waals surface area (Å²) < 4.78 is 1.94. The summed E-state index contributed by atoms with van der Waals surface area (Å²) in [7, 11) is 0. The fourth-order valence-corrected chi connectivity index (χ4v) is 5.27. The smallest absolute Gasteiger partial charge is 0.240 e. The molecular weight excluding hydrogens is 394 g/mol. The number of anilines is 1. The summed E-state index contributed by atoms with van der Waals surface area (Å²) in [5.74, 6) is 0.747. The van der Waals surface area contributed by atoms with Gasteiger partial charge in [0.2, 0.25) is 11.1 Å². The average Bonchev–Trinajstić information content (AvgIpc) is 3.17. The van der Waals surface area contributed by atoms with E-state index in [-0.39, 0.29) is 11.2 Å². The van der Waals surface area contributed by atoms with Gasteiger partial charge >= 0.3 is 0 Å². The number of carbonyl (C=O) groups is 1. The lowest BCUT2D eigenvalue weighted by Crippen LogP contribution is -2.57. The molecule has 3 aromatic rings. The van der Waals surface area contributed by atoms with Crippen molar-refractivity contribution in [3.05, 3.63) is 59.7 Å². The van der Waals surface area contributed by atoms with E-state index < -0.39 is 5.54 Å². The van der Waals surface area contributed by atoms with Crippen molar-refractivity contribution in [3.8, 4) is 11.4 Å². The van der Waals surface area contributed by atoms with Crippen molar-refractivity contribution < 1.29 is 4.79 Å². The van der Waals surface area contributed by atoms with Gasteiger partial charge in [-0.2, -0.15) is 0 Å². The number of rotatable bonds is 5. The average molecular weight is 422 g/mol. The Bertz CT molecular complexity index is 1060. The van der Waals surface area contributed by atoms with Crippen molar-refractivity contribution in [2.75, 3.05) is 10.7 Å². The minimum absolute atomic E-state index is 0.0151. The Hall–Kier alpha value is -2.80. The first kappa shape index (κ1) is 20.5. The second kappa shape index (κ2) is 8.14. The summed E-state index contributed by atoms with van der Waals surface area (Å²) in [6.07, 6.45) is 1.60. The third kappa shape index (κ3) is 3.58. The molecule has 0 bridgehead atoms. The highest BCUT2D eigenvalue weighted by atomic mass is 32.2. The number of hydrogen-bond acceptors (Lipinski definition) is 5. The van der Waals surface area contributed by atoms with E-state index in [2.05, 4.69) is 47.8 Å². The van der Waals surface area contributed by atoms with Crippen LogP contribution >= 0.6 is 11.8 Å². The number of fused-ring (bicyclic) bond motifs is 1. The van der Waals surface area contributed by atoms with Gasteiger partial charge in [0.1, 0.15) is 5.25 Å². The molecule has 6 nitrogen and oxygen atoms in total. The number of aryl methyl sites for hydroxylation is 2. The van der Waals surface area contributed by atoms with E-state index in [0.717, 1.165) is 35.5 Å². The summed E-state index contributed by atoms with van der Waals surface area (Å²) >= 11 is 1.48. The summed E-state index contributed by atoms with van der Waals surface area (Å²) in [4.78, 5) is 13.4. The SMILES string of the molecule is CCC1(CC)Nn2c(nnc2-c2ccccc2)SC1C(=O)Nc1ccc(C)cc1C. The topological polar surface area (TPSA) is 71.8 Å². The second-order valence-electron chi connectivity index (χ2n) is 7.79. The Morgan fingerprint density at radius 3 is 2.53 bits per heavy atom. The van der Waals surface area contributed by atoms with Gasteiger partial charge < -0.3 is 10.7 Å². The predicted molar refractivity (Wildman–Crippen MR) is 122 cm³/mol. The fraction of sp³-hybridized carbons (Fsp3) is 0.348. The molecule has 7 heteroatoms.